The number of nitrogens with two attached hydrogens (primary N) is 1. The molecule has 1 unspecified atom stereocenters. The molecule has 1 aromatic carbocycles. The van der Waals surface area contributed by atoms with Crippen LogP contribution in [-0.4, -0.2) is 7.11 Å². The third-order valence-corrected chi connectivity index (χ3v) is 2.21. The van der Waals surface area contributed by atoms with E-state index in [1.165, 1.54) is 11.1 Å². The van der Waals surface area contributed by atoms with Crippen LogP contribution in [0.5, 0.6) is 5.75 Å². The average Bonchev–Trinajstić information content (AvgIpc) is 2.03. The Kier molecular flexibility index (Phi) is 1.36. The summed E-state index contributed by atoms with van der Waals surface area (Å²) in [7, 11) is 1.69. The highest BCUT2D eigenvalue weighted by atomic mass is 16.5. The first kappa shape index (κ1) is 6.68. The molecule has 11 heavy (non-hydrogen) atoms. The summed E-state index contributed by atoms with van der Waals surface area (Å²) < 4.78 is 5.17. The van der Waals surface area contributed by atoms with Gasteiger partial charge in [0.1, 0.15) is 5.75 Å². The topological polar surface area (TPSA) is 35.2 Å². The lowest BCUT2D eigenvalue weighted by atomic mass is 9.83. The average molecular weight is 149 g/mol. The van der Waals surface area contributed by atoms with Crippen LogP contribution in [0.4, 0.5) is 0 Å². The van der Waals surface area contributed by atoms with Crippen molar-refractivity contribution in [2.45, 2.75) is 12.5 Å². The van der Waals surface area contributed by atoms with Gasteiger partial charge in [-0.25, -0.2) is 0 Å². The highest BCUT2D eigenvalue weighted by Gasteiger charge is 2.25. The lowest BCUT2D eigenvalue weighted by Gasteiger charge is -2.28. The molecule has 58 valence electrons. The van der Waals surface area contributed by atoms with Crippen molar-refractivity contribution in [3.63, 3.8) is 0 Å². The number of hydrogen-bond donors (Lipinski definition) is 1. The Bertz CT molecular complexity index is 269. The van der Waals surface area contributed by atoms with Gasteiger partial charge in [0.25, 0.3) is 0 Å². The van der Waals surface area contributed by atoms with Crippen molar-refractivity contribution >= 4 is 0 Å². The zero-order valence-corrected chi connectivity index (χ0v) is 6.50. The molecule has 0 aromatic heterocycles. The Hall–Kier alpha value is -1.02. The molecule has 1 atom stereocenters. The summed E-state index contributed by atoms with van der Waals surface area (Å²) in [6, 6.07) is 6.26. The van der Waals surface area contributed by atoms with Crippen molar-refractivity contribution in [2.75, 3.05) is 7.11 Å². The molecule has 0 aliphatic heterocycles. The first-order valence-electron chi connectivity index (χ1n) is 3.74. The Morgan fingerprint density at radius 2 is 2.36 bits per heavy atom. The van der Waals surface area contributed by atoms with Gasteiger partial charge in [-0.3, -0.25) is 0 Å². The SMILES string of the molecule is COc1cccc2c1CC2N. The Labute approximate surface area is 66.0 Å². The van der Waals surface area contributed by atoms with E-state index in [2.05, 4.69) is 6.07 Å². The molecule has 0 saturated heterocycles. The lowest BCUT2D eigenvalue weighted by Crippen LogP contribution is -2.25. The molecule has 1 aliphatic rings. The van der Waals surface area contributed by atoms with Gasteiger partial charge in [0.2, 0.25) is 0 Å². The summed E-state index contributed by atoms with van der Waals surface area (Å²) in [5, 5.41) is 0. The van der Waals surface area contributed by atoms with Crippen LogP contribution >= 0.6 is 0 Å². The van der Waals surface area contributed by atoms with Crippen LogP contribution in [0.25, 0.3) is 0 Å². The highest BCUT2D eigenvalue weighted by molar-refractivity contribution is 5.48. The molecular weight excluding hydrogens is 138 g/mol. The molecule has 0 spiro atoms. The summed E-state index contributed by atoms with van der Waals surface area (Å²) in [5.41, 5.74) is 8.28. The molecule has 0 heterocycles. The number of benzene rings is 1. The van der Waals surface area contributed by atoms with Crippen LogP contribution in [0.1, 0.15) is 17.2 Å². The van der Waals surface area contributed by atoms with Crippen molar-refractivity contribution in [3.05, 3.63) is 29.3 Å². The van der Waals surface area contributed by atoms with Crippen molar-refractivity contribution in [3.8, 4) is 5.75 Å². The molecular formula is C9H11NO. The second-order valence-corrected chi connectivity index (χ2v) is 2.84. The molecule has 2 nitrogen and oxygen atoms in total. The van der Waals surface area contributed by atoms with Crippen LogP contribution in [0.15, 0.2) is 18.2 Å². The van der Waals surface area contributed by atoms with Crippen molar-refractivity contribution in [1.29, 1.82) is 0 Å². The van der Waals surface area contributed by atoms with Crippen molar-refractivity contribution in [1.82, 2.24) is 0 Å². The zero-order valence-electron chi connectivity index (χ0n) is 6.50. The van der Waals surface area contributed by atoms with Crippen LogP contribution in [0.3, 0.4) is 0 Å². The molecule has 1 aliphatic carbocycles. The molecule has 0 bridgehead atoms. The Balaban J connectivity index is 2.47. The molecule has 0 amide bonds. The zero-order chi connectivity index (χ0) is 7.84. The van der Waals surface area contributed by atoms with Gasteiger partial charge >= 0.3 is 0 Å². The maximum absolute atomic E-state index is 5.76. The van der Waals surface area contributed by atoms with Crippen LogP contribution in [0.2, 0.25) is 0 Å². The van der Waals surface area contributed by atoms with E-state index in [0.29, 0.717) is 0 Å². The third-order valence-electron chi connectivity index (χ3n) is 2.21. The molecule has 2 heteroatoms. The van der Waals surface area contributed by atoms with Gasteiger partial charge < -0.3 is 10.5 Å². The fraction of sp³-hybridized carbons (Fsp3) is 0.333. The highest BCUT2D eigenvalue weighted by Crippen LogP contribution is 2.37. The minimum atomic E-state index is 0.236. The van der Waals surface area contributed by atoms with E-state index in [0.717, 1.165) is 12.2 Å². The Morgan fingerprint density at radius 3 is 3.00 bits per heavy atom. The molecule has 1 aromatic rings. The number of ether oxygens (including phenoxy) is 1. The summed E-state index contributed by atoms with van der Waals surface area (Å²) >= 11 is 0. The minimum Gasteiger partial charge on any atom is -0.496 e. The minimum absolute atomic E-state index is 0.236. The normalized spacial score (nSPS) is 20.4. The van der Waals surface area contributed by atoms with Crippen LogP contribution < -0.4 is 10.5 Å². The van der Waals surface area contributed by atoms with Gasteiger partial charge in [-0.05, 0) is 18.1 Å². The second-order valence-electron chi connectivity index (χ2n) is 2.84. The van der Waals surface area contributed by atoms with Crippen molar-refractivity contribution < 1.29 is 4.74 Å². The summed E-state index contributed by atoms with van der Waals surface area (Å²) in [4.78, 5) is 0. The number of hydrogen-bond acceptors (Lipinski definition) is 2. The second kappa shape index (κ2) is 2.24. The predicted octanol–water partition coefficient (Wildman–Crippen LogP) is 1.25. The van der Waals surface area contributed by atoms with E-state index >= 15 is 0 Å². The third kappa shape index (κ3) is 0.828. The van der Waals surface area contributed by atoms with E-state index in [4.69, 9.17) is 10.5 Å². The van der Waals surface area contributed by atoms with Crippen LogP contribution in [-0.2, 0) is 6.42 Å². The van der Waals surface area contributed by atoms with Gasteiger partial charge in [0.05, 0.1) is 7.11 Å². The fourth-order valence-electron chi connectivity index (χ4n) is 1.54. The fourth-order valence-corrected chi connectivity index (χ4v) is 1.54. The predicted molar refractivity (Wildman–Crippen MR) is 43.6 cm³/mol. The standard InChI is InChI=1S/C9H11NO/c1-11-9-4-2-3-6-7(9)5-8(6)10/h2-4,8H,5,10H2,1H3. The van der Waals surface area contributed by atoms with Crippen LogP contribution in [0, 0.1) is 0 Å². The van der Waals surface area contributed by atoms with Gasteiger partial charge in [-0.2, -0.15) is 0 Å². The van der Waals surface area contributed by atoms with E-state index in [1.54, 1.807) is 7.11 Å². The molecule has 2 N–H and O–H groups in total. The van der Waals surface area contributed by atoms with E-state index < -0.39 is 0 Å². The molecule has 2 rings (SSSR count). The van der Waals surface area contributed by atoms with Gasteiger partial charge in [-0.1, -0.05) is 12.1 Å². The number of methoxy groups -OCH3 is 1. The quantitative estimate of drug-likeness (QED) is 0.652. The number of fused-ring (bicyclic) bond motifs is 1. The maximum Gasteiger partial charge on any atom is 0.122 e. The Morgan fingerprint density at radius 1 is 1.55 bits per heavy atom. The molecule has 0 saturated carbocycles. The number of rotatable bonds is 1. The van der Waals surface area contributed by atoms with Crippen molar-refractivity contribution in [2.24, 2.45) is 5.73 Å². The van der Waals surface area contributed by atoms with Gasteiger partial charge in [-0.15, -0.1) is 0 Å². The lowest BCUT2D eigenvalue weighted by molar-refractivity contribution is 0.400. The monoisotopic (exact) mass is 149 g/mol. The first-order chi connectivity index (χ1) is 5.33. The summed E-state index contributed by atoms with van der Waals surface area (Å²) in [6.07, 6.45) is 0.958. The first-order valence-corrected chi connectivity index (χ1v) is 3.74. The van der Waals surface area contributed by atoms with E-state index in [1.807, 2.05) is 12.1 Å². The molecule has 0 radical (unpaired) electrons. The molecule has 0 fully saturated rings. The van der Waals surface area contributed by atoms with Gasteiger partial charge in [0.15, 0.2) is 0 Å². The summed E-state index contributed by atoms with van der Waals surface area (Å²) in [6.45, 7) is 0. The van der Waals surface area contributed by atoms with E-state index in [9.17, 15) is 0 Å². The van der Waals surface area contributed by atoms with E-state index in [-0.39, 0.29) is 6.04 Å². The van der Waals surface area contributed by atoms with Gasteiger partial charge in [0, 0.05) is 11.6 Å². The largest absolute Gasteiger partial charge is 0.496 e. The maximum atomic E-state index is 5.76. The summed E-state index contributed by atoms with van der Waals surface area (Å²) in [5.74, 6) is 0.976. The smallest absolute Gasteiger partial charge is 0.122 e.